The van der Waals surface area contributed by atoms with Crippen LogP contribution in [0.15, 0.2) is 35.3 Å². The van der Waals surface area contributed by atoms with Crippen LogP contribution in [0.1, 0.15) is 26.3 Å². The van der Waals surface area contributed by atoms with Crippen LogP contribution in [0.3, 0.4) is 0 Å². The van der Waals surface area contributed by atoms with Crippen LogP contribution in [0.25, 0.3) is 0 Å². The number of carbonyl (C=O) groups excluding carboxylic acids is 2. The van der Waals surface area contributed by atoms with Gasteiger partial charge in [-0.25, -0.2) is 0 Å². The predicted octanol–water partition coefficient (Wildman–Crippen LogP) is 1.14. The van der Waals surface area contributed by atoms with E-state index in [0.29, 0.717) is 35.1 Å². The number of nitrogens with zero attached hydrogens (tertiary/aromatic N) is 3. The van der Waals surface area contributed by atoms with Crippen LogP contribution in [0.5, 0.6) is 23.0 Å². The maximum Gasteiger partial charge on any atom is 0.283 e. The number of hydrogen-bond acceptors (Lipinski definition) is 8. The molecule has 11 nitrogen and oxygen atoms in total. The van der Waals surface area contributed by atoms with E-state index in [1.807, 2.05) is 12.1 Å². The summed E-state index contributed by atoms with van der Waals surface area (Å²) in [5.41, 5.74) is 12.2. The van der Waals surface area contributed by atoms with Gasteiger partial charge < -0.3 is 30.4 Å². The molecule has 1 aliphatic heterocycles. The van der Waals surface area contributed by atoms with Crippen LogP contribution in [-0.4, -0.2) is 88.6 Å². The van der Waals surface area contributed by atoms with Crippen molar-refractivity contribution in [2.75, 3.05) is 61.2 Å². The van der Waals surface area contributed by atoms with Gasteiger partial charge in [-0.3, -0.25) is 19.4 Å². The summed E-state index contributed by atoms with van der Waals surface area (Å²) >= 11 is 0. The fourth-order valence-corrected chi connectivity index (χ4v) is 4.15. The van der Waals surface area contributed by atoms with Gasteiger partial charge in [-0.15, -0.1) is 0 Å². The third-order valence-electron chi connectivity index (χ3n) is 5.99. The first kappa shape index (κ1) is 26.8. The number of hydrogen-bond donors (Lipinski definition) is 2. The molecule has 1 amide bonds. The summed E-state index contributed by atoms with van der Waals surface area (Å²) in [7, 11) is 6.22. The molecule has 0 saturated carbocycles. The number of carbonyl (C=O) groups is 2. The number of Topliss-reactive ketones (excluding diaryl/α,β-unsaturated/α-hetero) is 1. The molecule has 194 valence electrons. The highest BCUT2D eigenvalue weighted by Gasteiger charge is 2.23. The molecule has 36 heavy (non-hydrogen) atoms. The molecule has 1 fully saturated rings. The quantitative estimate of drug-likeness (QED) is 0.278. The number of piperazine rings is 1. The Morgan fingerprint density at radius 3 is 2.03 bits per heavy atom. The first-order chi connectivity index (χ1) is 17.3. The van der Waals surface area contributed by atoms with Crippen molar-refractivity contribution in [3.8, 4) is 23.0 Å². The lowest BCUT2D eigenvalue weighted by atomic mass is 10.0. The zero-order valence-corrected chi connectivity index (χ0v) is 21.1. The second kappa shape index (κ2) is 12.2. The summed E-state index contributed by atoms with van der Waals surface area (Å²) in [6, 6.07) is 8.51. The zero-order chi connectivity index (χ0) is 26.2. The maximum absolute atomic E-state index is 13.0. The lowest BCUT2D eigenvalue weighted by Crippen LogP contribution is -2.47. The lowest BCUT2D eigenvalue weighted by molar-refractivity contribution is 0.0842. The first-order valence-electron chi connectivity index (χ1n) is 11.4. The van der Waals surface area contributed by atoms with Crippen molar-refractivity contribution in [2.45, 2.75) is 6.54 Å². The summed E-state index contributed by atoms with van der Waals surface area (Å²) in [5, 5.41) is 0. The largest absolute Gasteiger partial charge is 0.496 e. The minimum absolute atomic E-state index is 0.105. The average Bonchev–Trinajstić information content (AvgIpc) is 2.88. The summed E-state index contributed by atoms with van der Waals surface area (Å²) < 4.78 is 21.7. The number of benzene rings is 2. The van der Waals surface area contributed by atoms with E-state index >= 15 is 0 Å². The van der Waals surface area contributed by atoms with E-state index in [2.05, 4.69) is 14.8 Å². The van der Waals surface area contributed by atoms with Crippen LogP contribution in [0.4, 0.5) is 0 Å². The van der Waals surface area contributed by atoms with Crippen molar-refractivity contribution in [3.05, 3.63) is 47.0 Å². The zero-order valence-electron chi connectivity index (χ0n) is 21.1. The molecule has 2 aromatic rings. The molecular formula is C25H33N5O6. The number of ketones is 1. The molecular weight excluding hydrogens is 466 g/mol. The topological polar surface area (TPSA) is 142 Å². The van der Waals surface area contributed by atoms with Crippen LogP contribution in [-0.2, 0) is 6.54 Å². The summed E-state index contributed by atoms with van der Waals surface area (Å²) in [5.74, 6) is 0.998. The number of rotatable bonds is 10. The SMILES string of the molecule is COc1ccc(C(=O)CN2CCN(Cc3ccc(OC)c(OC)c3OC)CC2)cc1C(=O)N=C(N)N. The molecule has 3 rings (SSSR count). The normalized spacial score (nSPS) is 14.1. The van der Waals surface area contributed by atoms with Crippen molar-refractivity contribution in [2.24, 2.45) is 16.5 Å². The molecule has 1 aliphatic rings. The van der Waals surface area contributed by atoms with E-state index in [4.69, 9.17) is 30.4 Å². The number of ether oxygens (including phenoxy) is 4. The van der Waals surface area contributed by atoms with Crippen LogP contribution in [0.2, 0.25) is 0 Å². The van der Waals surface area contributed by atoms with E-state index in [1.54, 1.807) is 33.5 Å². The molecule has 1 saturated heterocycles. The maximum atomic E-state index is 13.0. The van der Waals surface area contributed by atoms with E-state index in [1.165, 1.54) is 13.2 Å². The lowest BCUT2D eigenvalue weighted by Gasteiger charge is -2.34. The summed E-state index contributed by atoms with van der Waals surface area (Å²) in [6.07, 6.45) is 0. The molecule has 0 atom stereocenters. The molecule has 11 heteroatoms. The van der Waals surface area contributed by atoms with Gasteiger partial charge in [0, 0.05) is 43.9 Å². The minimum Gasteiger partial charge on any atom is -0.496 e. The summed E-state index contributed by atoms with van der Waals surface area (Å²) in [4.78, 5) is 33.2. The summed E-state index contributed by atoms with van der Waals surface area (Å²) in [6.45, 7) is 3.91. The van der Waals surface area contributed by atoms with Gasteiger partial charge in [0.25, 0.3) is 5.91 Å². The van der Waals surface area contributed by atoms with E-state index in [-0.39, 0.29) is 23.9 Å². The molecule has 0 aromatic heterocycles. The van der Waals surface area contributed by atoms with Gasteiger partial charge in [0.1, 0.15) is 5.75 Å². The Morgan fingerprint density at radius 1 is 0.833 bits per heavy atom. The number of nitrogens with two attached hydrogens (primary N) is 2. The van der Waals surface area contributed by atoms with Crippen molar-refractivity contribution >= 4 is 17.6 Å². The van der Waals surface area contributed by atoms with Gasteiger partial charge in [0.05, 0.1) is 40.5 Å². The van der Waals surface area contributed by atoms with Gasteiger partial charge in [-0.1, -0.05) is 6.07 Å². The van der Waals surface area contributed by atoms with Crippen molar-refractivity contribution in [1.29, 1.82) is 0 Å². The Morgan fingerprint density at radius 2 is 1.44 bits per heavy atom. The Labute approximate surface area is 210 Å². The fourth-order valence-electron chi connectivity index (χ4n) is 4.15. The molecule has 0 radical (unpaired) electrons. The predicted molar refractivity (Wildman–Crippen MR) is 135 cm³/mol. The molecule has 0 bridgehead atoms. The van der Waals surface area contributed by atoms with Crippen LogP contribution < -0.4 is 30.4 Å². The van der Waals surface area contributed by atoms with Crippen LogP contribution >= 0.6 is 0 Å². The van der Waals surface area contributed by atoms with Crippen molar-refractivity contribution < 1.29 is 28.5 Å². The molecule has 2 aromatic carbocycles. The standard InChI is InChI=1S/C25H33N5O6/c1-33-20-7-5-16(13-18(20)24(32)28-25(26)27)19(31)15-30-11-9-29(10-12-30)14-17-6-8-21(34-2)23(36-4)22(17)35-3/h5-8,13H,9-12,14-15H2,1-4H3,(H4,26,27,28,32). The van der Waals surface area contributed by atoms with E-state index in [9.17, 15) is 9.59 Å². The Hall–Kier alpha value is -3.83. The van der Waals surface area contributed by atoms with Crippen LogP contribution in [0, 0.1) is 0 Å². The molecule has 0 aliphatic carbocycles. The third-order valence-corrected chi connectivity index (χ3v) is 5.99. The number of guanidine groups is 1. The second-order valence-corrected chi connectivity index (χ2v) is 8.23. The highest BCUT2D eigenvalue weighted by Crippen LogP contribution is 2.40. The molecule has 0 spiro atoms. The average molecular weight is 500 g/mol. The fraction of sp³-hybridized carbons (Fsp3) is 0.400. The highest BCUT2D eigenvalue weighted by atomic mass is 16.5. The van der Waals surface area contributed by atoms with Gasteiger partial charge in [0.15, 0.2) is 23.2 Å². The smallest absolute Gasteiger partial charge is 0.283 e. The molecule has 0 unspecified atom stereocenters. The molecule has 1 heterocycles. The van der Waals surface area contributed by atoms with E-state index < -0.39 is 5.91 Å². The first-order valence-corrected chi connectivity index (χ1v) is 11.4. The van der Waals surface area contributed by atoms with Crippen molar-refractivity contribution in [3.63, 3.8) is 0 Å². The number of amides is 1. The van der Waals surface area contributed by atoms with Gasteiger partial charge in [-0.05, 0) is 24.3 Å². The monoisotopic (exact) mass is 499 g/mol. The Bertz CT molecular complexity index is 1120. The van der Waals surface area contributed by atoms with Gasteiger partial charge >= 0.3 is 0 Å². The minimum atomic E-state index is -0.666. The second-order valence-electron chi connectivity index (χ2n) is 8.23. The van der Waals surface area contributed by atoms with Gasteiger partial charge in [0.2, 0.25) is 5.75 Å². The van der Waals surface area contributed by atoms with Crippen molar-refractivity contribution in [1.82, 2.24) is 9.80 Å². The Kier molecular flexibility index (Phi) is 9.09. The molecule has 4 N–H and O–H groups in total. The Balaban J connectivity index is 1.63. The van der Waals surface area contributed by atoms with E-state index in [0.717, 1.165) is 31.7 Å². The number of methoxy groups -OCH3 is 4. The van der Waals surface area contributed by atoms with Gasteiger partial charge in [-0.2, -0.15) is 4.99 Å². The number of aliphatic imine (C=N–C) groups is 1. The third kappa shape index (κ3) is 6.23. The highest BCUT2D eigenvalue weighted by molar-refractivity contribution is 6.06.